The molecule has 0 radical (unpaired) electrons. The molecule has 1 N–H and O–H groups in total. The van der Waals surface area contributed by atoms with E-state index in [4.69, 9.17) is 0 Å². The lowest BCUT2D eigenvalue weighted by Gasteiger charge is -2.26. The van der Waals surface area contributed by atoms with E-state index in [0.29, 0.717) is 0 Å². The van der Waals surface area contributed by atoms with E-state index in [2.05, 4.69) is 24.1 Å². The summed E-state index contributed by atoms with van der Waals surface area (Å²) in [5.74, 6) is 2.46. The summed E-state index contributed by atoms with van der Waals surface area (Å²) in [4.78, 5) is 2.40. The molecule has 14 heavy (non-hydrogen) atoms. The van der Waals surface area contributed by atoms with Gasteiger partial charge in [-0.2, -0.15) is 0 Å². The first-order valence-corrected chi connectivity index (χ1v) is 6.95. The lowest BCUT2D eigenvalue weighted by atomic mass is 10.2. The summed E-state index contributed by atoms with van der Waals surface area (Å²) < 4.78 is 11.1. The van der Waals surface area contributed by atoms with E-state index >= 15 is 0 Å². The minimum atomic E-state index is -0.538. The largest absolute Gasteiger partial charge is 0.315 e. The summed E-state index contributed by atoms with van der Waals surface area (Å²) in [6.07, 6.45) is 0. The van der Waals surface area contributed by atoms with Crippen LogP contribution in [0.15, 0.2) is 0 Å². The van der Waals surface area contributed by atoms with Gasteiger partial charge in [0.15, 0.2) is 0 Å². The maximum Gasteiger partial charge on any atom is 0.0363 e. The summed E-state index contributed by atoms with van der Waals surface area (Å²) in [5.41, 5.74) is 0. The number of nitrogens with one attached hydrogen (secondary N) is 1. The quantitative estimate of drug-likeness (QED) is 0.674. The van der Waals surface area contributed by atoms with Crippen LogP contribution in [0.25, 0.3) is 0 Å². The fourth-order valence-electron chi connectivity index (χ4n) is 1.53. The summed E-state index contributed by atoms with van der Waals surface area (Å²) in [6, 6.07) is 0. The van der Waals surface area contributed by atoms with Gasteiger partial charge in [-0.05, 0) is 12.5 Å². The van der Waals surface area contributed by atoms with Crippen LogP contribution in [0.1, 0.15) is 13.8 Å². The lowest BCUT2D eigenvalue weighted by Crippen LogP contribution is -2.41. The van der Waals surface area contributed by atoms with Crippen molar-refractivity contribution in [2.24, 2.45) is 5.92 Å². The molecule has 3 nitrogen and oxygen atoms in total. The standard InChI is InChI=1S/C10H22N2OS/c1-10(2)9-11-3-4-12-5-7-14(13)8-6-12/h10-11H,3-9H2,1-2H3. The molecule has 0 bridgehead atoms. The van der Waals surface area contributed by atoms with Crippen LogP contribution in [-0.2, 0) is 10.8 Å². The van der Waals surface area contributed by atoms with Crippen LogP contribution in [0.3, 0.4) is 0 Å². The average molecular weight is 218 g/mol. The fourth-order valence-corrected chi connectivity index (χ4v) is 2.66. The molecule has 1 saturated heterocycles. The van der Waals surface area contributed by atoms with Gasteiger partial charge in [-0.15, -0.1) is 0 Å². The van der Waals surface area contributed by atoms with Gasteiger partial charge in [0, 0.05) is 48.5 Å². The molecule has 1 aliphatic rings. The van der Waals surface area contributed by atoms with Crippen molar-refractivity contribution >= 4 is 10.8 Å². The van der Waals surface area contributed by atoms with Crippen molar-refractivity contribution in [3.63, 3.8) is 0 Å². The van der Waals surface area contributed by atoms with E-state index in [1.165, 1.54) is 0 Å². The zero-order chi connectivity index (χ0) is 10.4. The van der Waals surface area contributed by atoms with E-state index in [9.17, 15) is 4.21 Å². The Kier molecular flexibility index (Phi) is 5.67. The van der Waals surface area contributed by atoms with Crippen LogP contribution in [0.5, 0.6) is 0 Å². The highest BCUT2D eigenvalue weighted by molar-refractivity contribution is 7.85. The third-order valence-electron chi connectivity index (χ3n) is 2.43. The summed E-state index contributed by atoms with van der Waals surface area (Å²) in [5, 5.41) is 3.43. The summed E-state index contributed by atoms with van der Waals surface area (Å²) >= 11 is 0. The highest BCUT2D eigenvalue weighted by atomic mass is 32.2. The first-order valence-electron chi connectivity index (χ1n) is 5.46. The Labute approximate surface area is 89.7 Å². The van der Waals surface area contributed by atoms with Gasteiger partial charge in [0.05, 0.1) is 0 Å². The number of hydrogen-bond acceptors (Lipinski definition) is 3. The van der Waals surface area contributed by atoms with Crippen molar-refractivity contribution in [3.8, 4) is 0 Å². The zero-order valence-corrected chi connectivity index (χ0v) is 10.1. The van der Waals surface area contributed by atoms with Gasteiger partial charge < -0.3 is 10.2 Å². The van der Waals surface area contributed by atoms with Gasteiger partial charge in [0.25, 0.3) is 0 Å². The predicted octanol–water partition coefficient (Wildman–Crippen LogP) is 0.296. The molecule has 0 aliphatic carbocycles. The Bertz CT molecular complexity index is 175. The molecule has 0 saturated carbocycles. The van der Waals surface area contributed by atoms with E-state index in [1.807, 2.05) is 0 Å². The molecule has 1 fully saturated rings. The Balaban J connectivity index is 1.99. The van der Waals surface area contributed by atoms with Crippen molar-refractivity contribution in [1.29, 1.82) is 0 Å². The van der Waals surface area contributed by atoms with Crippen molar-refractivity contribution in [2.75, 3.05) is 44.2 Å². The third-order valence-corrected chi connectivity index (χ3v) is 3.70. The molecule has 84 valence electrons. The van der Waals surface area contributed by atoms with Crippen molar-refractivity contribution in [2.45, 2.75) is 13.8 Å². The first kappa shape index (κ1) is 12.1. The molecule has 0 aromatic heterocycles. The lowest BCUT2D eigenvalue weighted by molar-refractivity contribution is 0.296. The molecule has 0 amide bonds. The number of rotatable bonds is 5. The Morgan fingerprint density at radius 3 is 2.57 bits per heavy atom. The highest BCUT2D eigenvalue weighted by Gasteiger charge is 2.13. The van der Waals surface area contributed by atoms with Gasteiger partial charge in [0.2, 0.25) is 0 Å². The third kappa shape index (κ3) is 5.08. The maximum absolute atomic E-state index is 11.1. The molecule has 0 unspecified atom stereocenters. The normalized spacial score (nSPS) is 20.5. The monoisotopic (exact) mass is 218 g/mol. The predicted molar refractivity (Wildman–Crippen MR) is 62.0 cm³/mol. The smallest absolute Gasteiger partial charge is 0.0363 e. The van der Waals surface area contributed by atoms with E-state index in [0.717, 1.165) is 50.1 Å². The zero-order valence-electron chi connectivity index (χ0n) is 9.29. The van der Waals surface area contributed by atoms with Crippen LogP contribution in [-0.4, -0.2) is 53.3 Å². The molecule has 0 aromatic carbocycles. The van der Waals surface area contributed by atoms with Gasteiger partial charge in [-0.3, -0.25) is 4.21 Å². The number of nitrogens with zero attached hydrogens (tertiary/aromatic N) is 1. The second-order valence-corrected chi connectivity index (χ2v) is 5.98. The molecule has 1 rings (SSSR count). The van der Waals surface area contributed by atoms with Crippen LogP contribution in [0.4, 0.5) is 0 Å². The number of hydrogen-bond donors (Lipinski definition) is 1. The minimum Gasteiger partial charge on any atom is -0.315 e. The molecule has 0 atom stereocenters. The average Bonchev–Trinajstić information content (AvgIpc) is 2.15. The topological polar surface area (TPSA) is 32.3 Å². The van der Waals surface area contributed by atoms with E-state index in [1.54, 1.807) is 0 Å². The molecule has 0 spiro atoms. The Hall–Kier alpha value is 0.0700. The molecule has 4 heteroatoms. The summed E-state index contributed by atoms with van der Waals surface area (Å²) in [6.45, 7) is 9.72. The van der Waals surface area contributed by atoms with Crippen molar-refractivity contribution < 1.29 is 4.21 Å². The van der Waals surface area contributed by atoms with Gasteiger partial charge in [0.1, 0.15) is 0 Å². The SMILES string of the molecule is CC(C)CNCCN1CCS(=O)CC1. The van der Waals surface area contributed by atoms with Crippen LogP contribution in [0, 0.1) is 5.92 Å². The molecular weight excluding hydrogens is 196 g/mol. The molecular formula is C10H22N2OS. The molecule has 1 heterocycles. The van der Waals surface area contributed by atoms with Crippen LogP contribution < -0.4 is 5.32 Å². The second-order valence-electron chi connectivity index (χ2n) is 4.29. The van der Waals surface area contributed by atoms with Crippen LogP contribution in [0.2, 0.25) is 0 Å². The highest BCUT2D eigenvalue weighted by Crippen LogP contribution is 1.98. The van der Waals surface area contributed by atoms with Gasteiger partial charge in [-0.1, -0.05) is 13.8 Å². The fraction of sp³-hybridized carbons (Fsp3) is 1.00. The summed E-state index contributed by atoms with van der Waals surface area (Å²) in [7, 11) is -0.538. The molecule has 1 aliphatic heterocycles. The van der Waals surface area contributed by atoms with Crippen molar-refractivity contribution in [1.82, 2.24) is 10.2 Å². The van der Waals surface area contributed by atoms with E-state index in [-0.39, 0.29) is 0 Å². The van der Waals surface area contributed by atoms with Crippen LogP contribution >= 0.6 is 0 Å². The Morgan fingerprint density at radius 1 is 1.36 bits per heavy atom. The van der Waals surface area contributed by atoms with E-state index < -0.39 is 10.8 Å². The molecule has 0 aromatic rings. The van der Waals surface area contributed by atoms with Gasteiger partial charge >= 0.3 is 0 Å². The first-order chi connectivity index (χ1) is 6.68. The maximum atomic E-state index is 11.1. The Morgan fingerprint density at radius 2 is 2.00 bits per heavy atom. The van der Waals surface area contributed by atoms with Gasteiger partial charge in [-0.25, -0.2) is 0 Å². The van der Waals surface area contributed by atoms with Crippen molar-refractivity contribution in [3.05, 3.63) is 0 Å². The minimum absolute atomic E-state index is 0.538. The second kappa shape index (κ2) is 6.53.